The average molecular weight is 334 g/mol. The third kappa shape index (κ3) is 2.87. The Morgan fingerprint density at radius 2 is 2.04 bits per heavy atom. The van der Waals surface area contributed by atoms with Crippen LogP contribution in [0, 0.1) is 0 Å². The van der Waals surface area contributed by atoms with Crippen LogP contribution >= 0.6 is 0 Å². The van der Waals surface area contributed by atoms with Gasteiger partial charge in [0.15, 0.2) is 0 Å². The van der Waals surface area contributed by atoms with Crippen molar-refractivity contribution in [3.8, 4) is 0 Å². The number of anilines is 3. The third-order valence-electron chi connectivity index (χ3n) is 3.41. The molecule has 2 heterocycles. The molecule has 9 heteroatoms. The minimum atomic E-state index is -4.53. The van der Waals surface area contributed by atoms with Crippen LogP contribution in [0.3, 0.4) is 0 Å². The highest BCUT2D eigenvalue weighted by atomic mass is 19.4. The van der Waals surface area contributed by atoms with E-state index in [1.807, 2.05) is 6.07 Å². The van der Waals surface area contributed by atoms with E-state index >= 15 is 0 Å². The molecule has 0 radical (unpaired) electrons. The number of benzene rings is 1. The van der Waals surface area contributed by atoms with E-state index < -0.39 is 11.7 Å². The van der Waals surface area contributed by atoms with Gasteiger partial charge in [-0.15, -0.1) is 0 Å². The monoisotopic (exact) mass is 334 g/mol. The van der Waals surface area contributed by atoms with E-state index in [1.54, 1.807) is 18.3 Å². The van der Waals surface area contributed by atoms with Gasteiger partial charge in [-0.2, -0.15) is 23.3 Å². The standard InChI is InChI=1S/C15H13F3N6/c1-3-8-4-9-6-21-24-12(9)5-11(8)22-14-20-7-10(15(16,17)18)13(19-2)23-14/h3-7H,1H2,2H3,(H,21,24)(H2,19,20,22,23). The van der Waals surface area contributed by atoms with Crippen LogP contribution in [0.5, 0.6) is 0 Å². The van der Waals surface area contributed by atoms with Crippen molar-refractivity contribution in [3.05, 3.63) is 42.2 Å². The van der Waals surface area contributed by atoms with E-state index in [1.165, 1.54) is 7.05 Å². The molecule has 3 aromatic rings. The SMILES string of the molecule is C=Cc1cc2cn[nH]c2cc1Nc1ncc(C(F)(F)F)c(NC)n1. The zero-order valence-electron chi connectivity index (χ0n) is 12.6. The normalized spacial score (nSPS) is 11.5. The Balaban J connectivity index is 2.00. The molecular formula is C15H13F3N6. The maximum atomic E-state index is 12.9. The predicted octanol–water partition coefficient (Wildman–Crippen LogP) is 3.80. The molecule has 24 heavy (non-hydrogen) atoms. The molecule has 0 unspecified atom stereocenters. The number of H-pyrrole nitrogens is 1. The van der Waals surface area contributed by atoms with Crippen molar-refractivity contribution in [2.75, 3.05) is 17.7 Å². The highest BCUT2D eigenvalue weighted by Crippen LogP contribution is 2.34. The van der Waals surface area contributed by atoms with E-state index in [9.17, 15) is 13.2 Å². The largest absolute Gasteiger partial charge is 0.421 e. The molecule has 3 N–H and O–H groups in total. The zero-order chi connectivity index (χ0) is 17.3. The minimum absolute atomic E-state index is 0.0364. The smallest absolute Gasteiger partial charge is 0.372 e. The lowest BCUT2D eigenvalue weighted by atomic mass is 10.1. The van der Waals surface area contributed by atoms with Crippen LogP contribution < -0.4 is 10.6 Å². The Morgan fingerprint density at radius 3 is 2.71 bits per heavy atom. The second-order valence-corrected chi connectivity index (χ2v) is 4.93. The van der Waals surface area contributed by atoms with Crippen LogP contribution in [0.4, 0.5) is 30.6 Å². The lowest BCUT2D eigenvalue weighted by Gasteiger charge is -2.13. The van der Waals surface area contributed by atoms with Crippen LogP contribution in [0.15, 0.2) is 31.1 Å². The summed E-state index contributed by atoms with van der Waals surface area (Å²) in [5.41, 5.74) is 1.19. The van der Waals surface area contributed by atoms with Crippen molar-refractivity contribution in [1.29, 1.82) is 0 Å². The first-order valence-electron chi connectivity index (χ1n) is 6.91. The third-order valence-corrected chi connectivity index (χ3v) is 3.41. The Morgan fingerprint density at radius 1 is 1.25 bits per heavy atom. The topological polar surface area (TPSA) is 78.5 Å². The fraction of sp³-hybridized carbons (Fsp3) is 0.133. The Bertz CT molecular complexity index is 900. The summed E-state index contributed by atoms with van der Waals surface area (Å²) in [5.74, 6) is -0.267. The van der Waals surface area contributed by atoms with E-state index in [0.717, 1.165) is 22.7 Å². The second kappa shape index (κ2) is 5.84. The summed E-state index contributed by atoms with van der Waals surface area (Å²) in [4.78, 5) is 7.63. The van der Waals surface area contributed by atoms with Gasteiger partial charge in [-0.1, -0.05) is 12.7 Å². The zero-order valence-corrected chi connectivity index (χ0v) is 12.6. The number of fused-ring (bicyclic) bond motifs is 1. The van der Waals surface area contributed by atoms with Crippen LogP contribution in [-0.2, 0) is 6.18 Å². The first-order chi connectivity index (χ1) is 11.4. The number of aromatic nitrogens is 4. The van der Waals surface area contributed by atoms with Gasteiger partial charge in [0.1, 0.15) is 11.4 Å². The summed E-state index contributed by atoms with van der Waals surface area (Å²) >= 11 is 0. The van der Waals surface area contributed by atoms with Crippen molar-refractivity contribution < 1.29 is 13.2 Å². The van der Waals surface area contributed by atoms with E-state index in [0.29, 0.717) is 5.69 Å². The van der Waals surface area contributed by atoms with Gasteiger partial charge in [-0.05, 0) is 17.7 Å². The summed E-state index contributed by atoms with van der Waals surface area (Å²) in [7, 11) is 1.37. The molecule has 1 aromatic carbocycles. The van der Waals surface area contributed by atoms with Crippen LogP contribution in [0.25, 0.3) is 17.0 Å². The molecule has 124 valence electrons. The predicted molar refractivity (Wildman–Crippen MR) is 86.0 cm³/mol. The molecule has 0 aliphatic rings. The molecule has 0 saturated heterocycles. The van der Waals surface area contributed by atoms with Crippen molar-refractivity contribution in [1.82, 2.24) is 20.2 Å². The Kier molecular flexibility index (Phi) is 3.84. The van der Waals surface area contributed by atoms with Crippen LogP contribution in [-0.4, -0.2) is 27.2 Å². The molecule has 6 nitrogen and oxygen atoms in total. The summed E-state index contributed by atoms with van der Waals surface area (Å²) < 4.78 is 38.7. The number of hydrogen-bond donors (Lipinski definition) is 3. The number of halogens is 3. The molecule has 0 bridgehead atoms. The van der Waals surface area contributed by atoms with Crippen molar-refractivity contribution in [3.63, 3.8) is 0 Å². The Labute approximate surface area is 134 Å². The van der Waals surface area contributed by atoms with Crippen molar-refractivity contribution in [2.45, 2.75) is 6.18 Å². The van der Waals surface area contributed by atoms with Gasteiger partial charge >= 0.3 is 6.18 Å². The van der Waals surface area contributed by atoms with Gasteiger partial charge in [0, 0.05) is 18.6 Å². The van der Waals surface area contributed by atoms with Crippen molar-refractivity contribution >= 4 is 34.4 Å². The molecule has 0 aliphatic heterocycles. The molecule has 0 aliphatic carbocycles. The number of aromatic amines is 1. The number of hydrogen-bond acceptors (Lipinski definition) is 5. The first kappa shape index (κ1) is 15.8. The summed E-state index contributed by atoms with van der Waals surface area (Å²) in [6.07, 6.45) is -0.501. The lowest BCUT2D eigenvalue weighted by molar-refractivity contribution is -0.137. The van der Waals surface area contributed by atoms with Gasteiger partial charge in [0.25, 0.3) is 0 Å². The quantitative estimate of drug-likeness (QED) is 0.676. The molecule has 0 amide bonds. The highest BCUT2D eigenvalue weighted by Gasteiger charge is 2.35. The van der Waals surface area contributed by atoms with Crippen LogP contribution in [0.2, 0.25) is 0 Å². The van der Waals surface area contributed by atoms with E-state index in [4.69, 9.17) is 0 Å². The summed E-state index contributed by atoms with van der Waals surface area (Å²) in [6, 6.07) is 3.61. The van der Waals surface area contributed by atoms with Gasteiger partial charge in [0.2, 0.25) is 5.95 Å². The van der Waals surface area contributed by atoms with Crippen LogP contribution in [0.1, 0.15) is 11.1 Å². The van der Waals surface area contributed by atoms with Gasteiger partial charge in [-0.25, -0.2) is 4.98 Å². The minimum Gasteiger partial charge on any atom is -0.372 e. The maximum absolute atomic E-state index is 12.9. The van der Waals surface area contributed by atoms with Gasteiger partial charge in [0.05, 0.1) is 17.4 Å². The molecule has 0 atom stereocenters. The Hall–Kier alpha value is -3.10. The summed E-state index contributed by atoms with van der Waals surface area (Å²) in [5, 5.41) is 13.0. The average Bonchev–Trinajstić information content (AvgIpc) is 3.00. The number of nitrogens with one attached hydrogen (secondary N) is 3. The van der Waals surface area contributed by atoms with E-state index in [-0.39, 0.29) is 11.8 Å². The first-order valence-corrected chi connectivity index (χ1v) is 6.91. The van der Waals surface area contributed by atoms with Gasteiger partial charge < -0.3 is 10.6 Å². The second-order valence-electron chi connectivity index (χ2n) is 4.93. The van der Waals surface area contributed by atoms with E-state index in [2.05, 4.69) is 37.4 Å². The molecule has 2 aromatic heterocycles. The highest BCUT2D eigenvalue weighted by molar-refractivity contribution is 5.87. The maximum Gasteiger partial charge on any atom is 0.421 e. The summed E-state index contributed by atoms with van der Waals surface area (Å²) in [6.45, 7) is 3.73. The molecule has 0 saturated carbocycles. The molecule has 3 rings (SSSR count). The lowest BCUT2D eigenvalue weighted by Crippen LogP contribution is -2.12. The fourth-order valence-electron chi connectivity index (χ4n) is 2.25. The molecular weight excluding hydrogens is 321 g/mol. The van der Waals surface area contributed by atoms with Crippen molar-refractivity contribution in [2.24, 2.45) is 0 Å². The van der Waals surface area contributed by atoms with Gasteiger partial charge in [-0.3, -0.25) is 5.10 Å². The molecule has 0 spiro atoms. The molecule has 0 fully saturated rings. The number of rotatable bonds is 4. The number of nitrogens with zero attached hydrogens (tertiary/aromatic N) is 3. The fourth-order valence-corrected chi connectivity index (χ4v) is 2.25. The number of alkyl halides is 3.